The summed E-state index contributed by atoms with van der Waals surface area (Å²) in [4.78, 5) is 1.84. The van der Waals surface area contributed by atoms with Crippen molar-refractivity contribution in [3.05, 3.63) is 51.8 Å². The molecule has 1 N–H and O–H groups in total. The predicted molar refractivity (Wildman–Crippen MR) is 91.3 cm³/mol. The fraction of sp³-hybridized carbons (Fsp3) is 0.188. The third-order valence-corrected chi connectivity index (χ3v) is 6.13. The molecule has 3 rings (SSSR count). The zero-order chi connectivity index (χ0) is 16.6. The zero-order valence-corrected chi connectivity index (χ0v) is 14.6. The van der Waals surface area contributed by atoms with Crippen LogP contribution in [0.1, 0.15) is 15.3 Å². The first-order chi connectivity index (χ1) is 10.9. The molecule has 7 heteroatoms. The van der Waals surface area contributed by atoms with E-state index in [4.69, 9.17) is 4.52 Å². The van der Waals surface area contributed by atoms with Crippen LogP contribution in [0.4, 0.5) is 5.69 Å². The minimum atomic E-state index is -3.72. The molecular formula is C16H16N2O3S2. The summed E-state index contributed by atoms with van der Waals surface area (Å²) in [7, 11) is -3.72. The Labute approximate surface area is 139 Å². The van der Waals surface area contributed by atoms with Gasteiger partial charge in [0.2, 0.25) is 0 Å². The van der Waals surface area contributed by atoms with Gasteiger partial charge in [-0.2, -0.15) is 0 Å². The van der Waals surface area contributed by atoms with Gasteiger partial charge in [0, 0.05) is 21.5 Å². The molecule has 0 aliphatic heterocycles. The summed E-state index contributed by atoms with van der Waals surface area (Å²) in [6, 6.07) is 8.92. The highest BCUT2D eigenvalue weighted by Crippen LogP contribution is 2.39. The largest absolute Gasteiger partial charge is 0.356 e. The van der Waals surface area contributed by atoms with Crippen LogP contribution in [0.3, 0.4) is 0 Å². The molecule has 0 aliphatic rings. The Morgan fingerprint density at radius 1 is 1.13 bits per heavy atom. The van der Waals surface area contributed by atoms with E-state index in [1.165, 1.54) is 17.5 Å². The highest BCUT2D eigenvalue weighted by atomic mass is 32.2. The van der Waals surface area contributed by atoms with E-state index in [1.54, 1.807) is 25.1 Å². The average molecular weight is 348 g/mol. The molecule has 120 valence electrons. The fourth-order valence-corrected chi connectivity index (χ4v) is 5.45. The molecule has 2 heterocycles. The van der Waals surface area contributed by atoms with Gasteiger partial charge in [-0.3, -0.25) is 4.72 Å². The van der Waals surface area contributed by atoms with Gasteiger partial charge < -0.3 is 4.52 Å². The van der Waals surface area contributed by atoms with E-state index in [-0.39, 0.29) is 4.90 Å². The topological polar surface area (TPSA) is 72.2 Å². The summed E-state index contributed by atoms with van der Waals surface area (Å²) < 4.78 is 33.6. The highest BCUT2D eigenvalue weighted by Gasteiger charge is 2.28. The smallest absolute Gasteiger partial charge is 0.263 e. The third kappa shape index (κ3) is 3.02. The molecular weight excluding hydrogens is 332 g/mol. The lowest BCUT2D eigenvalue weighted by Gasteiger charge is -2.10. The molecule has 3 aromatic rings. The minimum Gasteiger partial charge on any atom is -0.356 e. The van der Waals surface area contributed by atoms with Gasteiger partial charge in [-0.1, -0.05) is 17.3 Å². The van der Waals surface area contributed by atoms with Crippen molar-refractivity contribution in [1.82, 2.24) is 5.16 Å². The molecule has 2 aromatic heterocycles. The number of hydrogen-bond acceptors (Lipinski definition) is 5. The van der Waals surface area contributed by atoms with Crippen molar-refractivity contribution >= 4 is 27.0 Å². The van der Waals surface area contributed by atoms with Gasteiger partial charge in [-0.15, -0.1) is 11.3 Å². The minimum absolute atomic E-state index is 0.248. The summed E-state index contributed by atoms with van der Waals surface area (Å²) in [5.41, 5.74) is 2.10. The third-order valence-electron chi connectivity index (χ3n) is 3.43. The lowest BCUT2D eigenvalue weighted by molar-refractivity contribution is 0.431. The predicted octanol–water partition coefficient (Wildman–Crippen LogP) is 4.13. The Morgan fingerprint density at radius 3 is 2.57 bits per heavy atom. The number of rotatable bonds is 4. The van der Waals surface area contributed by atoms with Gasteiger partial charge in [-0.25, -0.2) is 8.42 Å². The van der Waals surface area contributed by atoms with E-state index in [1.807, 2.05) is 26.0 Å². The molecule has 0 aliphatic carbocycles. The van der Waals surface area contributed by atoms with E-state index >= 15 is 0 Å². The van der Waals surface area contributed by atoms with E-state index in [0.29, 0.717) is 21.9 Å². The second-order valence-corrected chi connectivity index (χ2v) is 8.32. The second-order valence-electron chi connectivity index (χ2n) is 5.27. The Kier molecular flexibility index (Phi) is 3.99. The maximum absolute atomic E-state index is 12.9. The zero-order valence-electron chi connectivity index (χ0n) is 13.0. The molecule has 0 spiro atoms. The summed E-state index contributed by atoms with van der Waals surface area (Å²) in [6.07, 6.45) is 1.51. The number of sulfonamides is 1. The molecule has 23 heavy (non-hydrogen) atoms. The van der Waals surface area contributed by atoms with Crippen LogP contribution in [0, 0.1) is 20.8 Å². The van der Waals surface area contributed by atoms with Crippen molar-refractivity contribution in [2.75, 3.05) is 4.72 Å². The Hall–Kier alpha value is -2.12. The molecule has 0 saturated carbocycles. The number of nitrogens with one attached hydrogen (secondary N) is 1. The molecule has 0 saturated heterocycles. The number of anilines is 1. The lowest BCUT2D eigenvalue weighted by Crippen LogP contribution is -2.14. The van der Waals surface area contributed by atoms with Crippen LogP contribution in [-0.4, -0.2) is 13.6 Å². The first-order valence-corrected chi connectivity index (χ1v) is 9.29. The van der Waals surface area contributed by atoms with E-state index in [0.717, 1.165) is 10.4 Å². The van der Waals surface area contributed by atoms with Crippen LogP contribution >= 0.6 is 11.3 Å². The van der Waals surface area contributed by atoms with Crippen LogP contribution in [0.2, 0.25) is 0 Å². The lowest BCUT2D eigenvalue weighted by atomic mass is 10.2. The summed E-state index contributed by atoms with van der Waals surface area (Å²) >= 11 is 1.43. The molecule has 1 aromatic carbocycles. The number of benzene rings is 1. The molecule has 0 bridgehead atoms. The molecule has 0 fully saturated rings. The first kappa shape index (κ1) is 15.8. The Bertz CT molecular complexity index is 942. The van der Waals surface area contributed by atoms with E-state index in [9.17, 15) is 8.42 Å². The summed E-state index contributed by atoms with van der Waals surface area (Å²) in [5.74, 6) is 0.455. The summed E-state index contributed by atoms with van der Waals surface area (Å²) in [5, 5.41) is 3.68. The maximum atomic E-state index is 12.9. The van der Waals surface area contributed by atoms with Crippen LogP contribution < -0.4 is 4.72 Å². The van der Waals surface area contributed by atoms with Crippen LogP contribution in [-0.2, 0) is 10.0 Å². The molecule has 0 unspecified atom stereocenters. The molecule has 5 nitrogen and oxygen atoms in total. The SMILES string of the molecule is Cc1cccc(NS(=O)(=O)c2c(C)sc(C)c2-c2ccno2)c1. The Morgan fingerprint density at radius 2 is 1.91 bits per heavy atom. The monoisotopic (exact) mass is 348 g/mol. The van der Waals surface area contributed by atoms with E-state index in [2.05, 4.69) is 9.88 Å². The second kappa shape index (κ2) is 5.82. The Balaban J connectivity index is 2.11. The van der Waals surface area contributed by atoms with Crippen LogP contribution in [0.5, 0.6) is 0 Å². The van der Waals surface area contributed by atoms with Crippen molar-refractivity contribution in [2.45, 2.75) is 25.7 Å². The van der Waals surface area contributed by atoms with Crippen molar-refractivity contribution in [3.63, 3.8) is 0 Å². The van der Waals surface area contributed by atoms with Crippen molar-refractivity contribution in [3.8, 4) is 11.3 Å². The number of aryl methyl sites for hydroxylation is 3. The van der Waals surface area contributed by atoms with Gasteiger partial charge in [0.25, 0.3) is 10.0 Å². The molecule has 0 radical (unpaired) electrons. The number of aromatic nitrogens is 1. The maximum Gasteiger partial charge on any atom is 0.263 e. The van der Waals surface area contributed by atoms with Gasteiger partial charge in [0.1, 0.15) is 4.90 Å². The van der Waals surface area contributed by atoms with Crippen molar-refractivity contribution < 1.29 is 12.9 Å². The van der Waals surface area contributed by atoms with Gasteiger partial charge in [0.15, 0.2) is 5.76 Å². The molecule has 0 atom stereocenters. The quantitative estimate of drug-likeness (QED) is 0.769. The normalized spacial score (nSPS) is 11.6. The number of thiophene rings is 1. The summed E-state index contributed by atoms with van der Waals surface area (Å²) in [6.45, 7) is 5.58. The van der Waals surface area contributed by atoms with E-state index < -0.39 is 10.0 Å². The van der Waals surface area contributed by atoms with Crippen molar-refractivity contribution in [2.24, 2.45) is 0 Å². The van der Waals surface area contributed by atoms with Crippen LogP contribution in [0.25, 0.3) is 11.3 Å². The number of hydrogen-bond donors (Lipinski definition) is 1. The fourth-order valence-electron chi connectivity index (χ4n) is 2.53. The number of nitrogens with zero attached hydrogens (tertiary/aromatic N) is 1. The molecule has 0 amide bonds. The average Bonchev–Trinajstić information content (AvgIpc) is 3.05. The van der Waals surface area contributed by atoms with Gasteiger partial charge >= 0.3 is 0 Å². The van der Waals surface area contributed by atoms with Crippen molar-refractivity contribution in [1.29, 1.82) is 0 Å². The standard InChI is InChI=1S/C16H16N2O3S2/c1-10-5-4-6-13(9-10)18-23(19,20)16-12(3)22-11(2)15(16)14-7-8-17-21-14/h4-9,18H,1-3H3. The first-order valence-electron chi connectivity index (χ1n) is 6.99. The van der Waals surface area contributed by atoms with Gasteiger partial charge in [-0.05, 0) is 38.5 Å². The highest BCUT2D eigenvalue weighted by molar-refractivity contribution is 7.93. The van der Waals surface area contributed by atoms with Crippen LogP contribution in [0.15, 0.2) is 45.9 Å². The van der Waals surface area contributed by atoms with Gasteiger partial charge in [0.05, 0.1) is 11.8 Å².